The quantitative estimate of drug-likeness (QED) is 0.817. The first kappa shape index (κ1) is 9.66. The zero-order valence-electron chi connectivity index (χ0n) is 8.44. The van der Waals surface area contributed by atoms with Gasteiger partial charge in [-0.15, -0.1) is 0 Å². The zero-order chi connectivity index (χ0) is 11.0. The molecule has 0 saturated heterocycles. The molecule has 16 heavy (non-hydrogen) atoms. The molecule has 0 amide bonds. The maximum Gasteiger partial charge on any atom is 0.146 e. The second kappa shape index (κ2) is 3.79. The van der Waals surface area contributed by atoms with Crippen molar-refractivity contribution in [2.45, 2.75) is 6.10 Å². The van der Waals surface area contributed by atoms with Gasteiger partial charge in [-0.25, -0.2) is 4.39 Å². The van der Waals surface area contributed by atoms with Crippen molar-refractivity contribution >= 4 is 17.0 Å². The maximum absolute atomic E-state index is 13.1. The lowest BCUT2D eigenvalue weighted by molar-refractivity contribution is 0.210. The summed E-state index contributed by atoms with van der Waals surface area (Å²) in [7, 11) is 0. The molecule has 2 nitrogen and oxygen atoms in total. The normalized spacial score (nSPS) is 18.4. The fourth-order valence-corrected chi connectivity index (χ4v) is 2.48. The number of anilines is 1. The number of nitrogens with one attached hydrogen (secondary N) is 1. The van der Waals surface area contributed by atoms with Gasteiger partial charge in [0, 0.05) is 11.6 Å². The summed E-state index contributed by atoms with van der Waals surface area (Å²) < 4.78 is 18.8. The Bertz CT molecular complexity index is 498. The number of fused-ring (bicyclic) bond motifs is 1. The van der Waals surface area contributed by atoms with Crippen molar-refractivity contribution in [3.05, 3.63) is 46.4 Å². The van der Waals surface area contributed by atoms with E-state index in [1.165, 1.54) is 12.1 Å². The average Bonchev–Trinajstić information content (AvgIpc) is 2.81. The van der Waals surface area contributed by atoms with Gasteiger partial charge in [-0.05, 0) is 29.0 Å². The molecular formula is C12H10FNOS. The molecule has 1 aromatic heterocycles. The molecule has 2 heterocycles. The predicted molar refractivity (Wildman–Crippen MR) is 62.6 cm³/mol. The van der Waals surface area contributed by atoms with Gasteiger partial charge in [0.1, 0.15) is 17.7 Å². The summed E-state index contributed by atoms with van der Waals surface area (Å²) in [5.74, 6) is 0.314. The van der Waals surface area contributed by atoms with E-state index in [1.54, 1.807) is 17.4 Å². The van der Waals surface area contributed by atoms with Crippen LogP contribution in [0.2, 0.25) is 0 Å². The zero-order valence-corrected chi connectivity index (χ0v) is 9.26. The van der Waals surface area contributed by atoms with E-state index in [0.29, 0.717) is 5.75 Å². The molecule has 1 N–H and O–H groups in total. The van der Waals surface area contributed by atoms with Gasteiger partial charge in [0.25, 0.3) is 0 Å². The molecule has 3 rings (SSSR count). The Morgan fingerprint density at radius 1 is 1.38 bits per heavy atom. The number of hydrogen-bond acceptors (Lipinski definition) is 3. The Kier molecular flexibility index (Phi) is 2.29. The monoisotopic (exact) mass is 235 g/mol. The topological polar surface area (TPSA) is 21.3 Å². The molecule has 1 unspecified atom stereocenters. The molecule has 1 aliphatic rings. The first-order valence-corrected chi connectivity index (χ1v) is 5.99. The van der Waals surface area contributed by atoms with Crippen molar-refractivity contribution in [1.29, 1.82) is 0 Å². The molecule has 2 aromatic rings. The minimum Gasteiger partial charge on any atom is -0.482 e. The number of thiophene rings is 1. The van der Waals surface area contributed by atoms with E-state index in [0.717, 1.165) is 17.8 Å². The highest BCUT2D eigenvalue weighted by Crippen LogP contribution is 2.34. The molecule has 1 aliphatic heterocycles. The lowest BCUT2D eigenvalue weighted by atomic mass is 10.1. The van der Waals surface area contributed by atoms with Crippen molar-refractivity contribution in [1.82, 2.24) is 0 Å². The third kappa shape index (κ3) is 1.65. The van der Waals surface area contributed by atoms with Gasteiger partial charge in [-0.1, -0.05) is 0 Å². The molecule has 0 fully saturated rings. The summed E-state index contributed by atoms with van der Waals surface area (Å²) >= 11 is 1.64. The van der Waals surface area contributed by atoms with E-state index in [4.69, 9.17) is 4.74 Å². The molecule has 0 bridgehead atoms. The van der Waals surface area contributed by atoms with Crippen LogP contribution >= 0.6 is 11.3 Å². The molecule has 0 aliphatic carbocycles. The fourth-order valence-electron chi connectivity index (χ4n) is 1.78. The molecular weight excluding hydrogens is 225 g/mol. The average molecular weight is 235 g/mol. The summed E-state index contributed by atoms with van der Waals surface area (Å²) in [6, 6.07) is 6.58. The molecule has 1 aromatic carbocycles. The van der Waals surface area contributed by atoms with Gasteiger partial charge in [0.2, 0.25) is 0 Å². The predicted octanol–water partition coefficient (Wildman–Crippen LogP) is 3.43. The Hall–Kier alpha value is -1.55. The lowest BCUT2D eigenvalue weighted by Gasteiger charge is -2.26. The standard InChI is InChI=1S/C12H10FNOS/c13-9-1-2-10-11(5-9)15-12(6-14-10)8-3-4-16-7-8/h1-5,7,12,14H,6H2. The highest BCUT2D eigenvalue weighted by molar-refractivity contribution is 7.07. The number of benzene rings is 1. The van der Waals surface area contributed by atoms with Crippen molar-refractivity contribution in [2.24, 2.45) is 0 Å². The van der Waals surface area contributed by atoms with Crippen LogP contribution in [0.15, 0.2) is 35.0 Å². The van der Waals surface area contributed by atoms with Crippen LogP contribution in [0.5, 0.6) is 5.75 Å². The minimum absolute atomic E-state index is 0.0273. The van der Waals surface area contributed by atoms with E-state index in [1.807, 2.05) is 11.4 Å². The van der Waals surface area contributed by atoms with Crippen LogP contribution in [0.1, 0.15) is 11.7 Å². The summed E-state index contributed by atoms with van der Waals surface area (Å²) in [4.78, 5) is 0. The van der Waals surface area contributed by atoms with Crippen LogP contribution in [0.3, 0.4) is 0 Å². The molecule has 0 radical (unpaired) electrons. The Labute approximate surface area is 96.7 Å². The van der Waals surface area contributed by atoms with Gasteiger partial charge in [-0.3, -0.25) is 0 Å². The number of rotatable bonds is 1. The molecule has 82 valence electrons. The number of halogens is 1. The second-order valence-electron chi connectivity index (χ2n) is 3.68. The minimum atomic E-state index is -0.272. The second-order valence-corrected chi connectivity index (χ2v) is 4.46. The summed E-state index contributed by atoms with van der Waals surface area (Å²) in [5, 5.41) is 7.31. The Morgan fingerprint density at radius 2 is 2.31 bits per heavy atom. The molecule has 0 spiro atoms. The smallest absolute Gasteiger partial charge is 0.146 e. The van der Waals surface area contributed by atoms with Crippen LogP contribution in [0, 0.1) is 5.82 Å². The molecule has 0 saturated carbocycles. The Morgan fingerprint density at radius 3 is 3.12 bits per heavy atom. The largest absolute Gasteiger partial charge is 0.482 e. The summed E-state index contributed by atoms with van der Waals surface area (Å²) in [6.45, 7) is 0.718. The van der Waals surface area contributed by atoms with Gasteiger partial charge in [-0.2, -0.15) is 11.3 Å². The van der Waals surface area contributed by atoms with E-state index in [9.17, 15) is 4.39 Å². The van der Waals surface area contributed by atoms with Crippen LogP contribution in [0.25, 0.3) is 0 Å². The third-order valence-electron chi connectivity index (χ3n) is 2.61. The van der Waals surface area contributed by atoms with Crippen molar-refractivity contribution < 1.29 is 9.13 Å². The van der Waals surface area contributed by atoms with E-state index in [-0.39, 0.29) is 11.9 Å². The van der Waals surface area contributed by atoms with Crippen LogP contribution in [-0.4, -0.2) is 6.54 Å². The van der Waals surface area contributed by atoms with Gasteiger partial charge >= 0.3 is 0 Å². The van der Waals surface area contributed by atoms with Crippen LogP contribution in [-0.2, 0) is 0 Å². The first-order chi connectivity index (χ1) is 7.83. The molecule has 4 heteroatoms. The van der Waals surface area contributed by atoms with Gasteiger partial charge < -0.3 is 10.1 Å². The highest BCUT2D eigenvalue weighted by Gasteiger charge is 2.21. The van der Waals surface area contributed by atoms with Crippen molar-refractivity contribution in [2.75, 3.05) is 11.9 Å². The first-order valence-electron chi connectivity index (χ1n) is 5.05. The van der Waals surface area contributed by atoms with E-state index in [2.05, 4.69) is 10.7 Å². The number of hydrogen-bond donors (Lipinski definition) is 1. The third-order valence-corrected chi connectivity index (χ3v) is 3.31. The van der Waals surface area contributed by atoms with E-state index >= 15 is 0 Å². The lowest BCUT2D eigenvalue weighted by Crippen LogP contribution is -2.23. The van der Waals surface area contributed by atoms with Crippen molar-refractivity contribution in [3.8, 4) is 5.75 Å². The van der Waals surface area contributed by atoms with E-state index < -0.39 is 0 Å². The van der Waals surface area contributed by atoms with Crippen LogP contribution in [0.4, 0.5) is 10.1 Å². The highest BCUT2D eigenvalue weighted by atomic mass is 32.1. The van der Waals surface area contributed by atoms with Crippen LogP contribution < -0.4 is 10.1 Å². The fraction of sp³-hybridized carbons (Fsp3) is 0.167. The molecule has 1 atom stereocenters. The SMILES string of the molecule is Fc1ccc2c(c1)OC(c1ccsc1)CN2. The maximum atomic E-state index is 13.1. The Balaban J connectivity index is 1.91. The van der Waals surface area contributed by atoms with Gasteiger partial charge in [0.05, 0.1) is 12.2 Å². The summed E-state index contributed by atoms with van der Waals surface area (Å²) in [6.07, 6.45) is -0.0273. The van der Waals surface area contributed by atoms with Crippen molar-refractivity contribution in [3.63, 3.8) is 0 Å². The van der Waals surface area contributed by atoms with Gasteiger partial charge in [0.15, 0.2) is 0 Å². The summed E-state index contributed by atoms with van der Waals surface area (Å²) in [5.41, 5.74) is 1.99. The number of ether oxygens (including phenoxy) is 1.